The summed E-state index contributed by atoms with van der Waals surface area (Å²) in [5.41, 5.74) is 3.48. The second-order valence-electron chi connectivity index (χ2n) is 4.88. The number of halogens is 1. The van der Waals surface area contributed by atoms with Crippen LogP contribution in [0.25, 0.3) is 11.1 Å². The van der Waals surface area contributed by atoms with Crippen LogP contribution in [-0.4, -0.2) is 17.7 Å². The van der Waals surface area contributed by atoms with Crippen LogP contribution >= 0.6 is 0 Å². The number of amides is 1. The van der Waals surface area contributed by atoms with E-state index in [1.807, 2.05) is 24.3 Å². The van der Waals surface area contributed by atoms with Crippen LogP contribution in [0.1, 0.15) is 19.3 Å². The fraction of sp³-hybridized carbons (Fsp3) is 0.235. The predicted molar refractivity (Wildman–Crippen MR) is 81.1 cm³/mol. The van der Waals surface area contributed by atoms with E-state index in [0.29, 0.717) is 19.4 Å². The first-order valence-corrected chi connectivity index (χ1v) is 7.11. The molecule has 0 aliphatic rings. The summed E-state index contributed by atoms with van der Waals surface area (Å²) in [5, 5.41) is 8.37. The second kappa shape index (κ2) is 8.14. The zero-order chi connectivity index (χ0) is 15.8. The molecular weight excluding hydrogens is 285 g/mol. The van der Waals surface area contributed by atoms with E-state index in [9.17, 15) is 9.18 Å². The number of hydrogen-bond acceptors (Lipinski definition) is 3. The number of rotatable bonds is 7. The summed E-state index contributed by atoms with van der Waals surface area (Å²) in [6.07, 6.45) is 1.63. The molecule has 0 aromatic heterocycles. The molecular formula is C17H18FNO3. The number of ether oxygens (including phenoxy) is 1. The lowest BCUT2D eigenvalue weighted by atomic mass is 10.1. The highest BCUT2D eigenvalue weighted by atomic mass is 19.1. The zero-order valence-corrected chi connectivity index (χ0v) is 12.1. The molecule has 0 radical (unpaired) electrons. The number of hydrogen-bond donors (Lipinski definition) is 2. The van der Waals surface area contributed by atoms with E-state index in [4.69, 9.17) is 9.94 Å². The van der Waals surface area contributed by atoms with Crippen molar-refractivity contribution in [2.45, 2.75) is 19.3 Å². The molecule has 0 bridgehead atoms. The van der Waals surface area contributed by atoms with Gasteiger partial charge in [0, 0.05) is 6.42 Å². The molecule has 0 atom stereocenters. The van der Waals surface area contributed by atoms with Crippen LogP contribution in [0, 0.1) is 5.82 Å². The van der Waals surface area contributed by atoms with Gasteiger partial charge in [0.2, 0.25) is 5.91 Å². The van der Waals surface area contributed by atoms with Gasteiger partial charge >= 0.3 is 0 Å². The molecule has 22 heavy (non-hydrogen) atoms. The molecule has 116 valence electrons. The molecule has 2 rings (SSSR count). The maximum atomic E-state index is 12.9. The first kappa shape index (κ1) is 16.0. The molecule has 0 heterocycles. The summed E-state index contributed by atoms with van der Waals surface area (Å²) in [6.45, 7) is 0.492. The van der Waals surface area contributed by atoms with Crippen LogP contribution in [0.4, 0.5) is 4.39 Å². The first-order chi connectivity index (χ1) is 10.7. The van der Waals surface area contributed by atoms with E-state index in [1.165, 1.54) is 12.1 Å². The average Bonchev–Trinajstić information content (AvgIpc) is 2.55. The Hall–Kier alpha value is -2.40. The lowest BCUT2D eigenvalue weighted by Gasteiger charge is -2.08. The van der Waals surface area contributed by atoms with E-state index in [0.717, 1.165) is 16.9 Å². The highest BCUT2D eigenvalue weighted by molar-refractivity contribution is 5.74. The van der Waals surface area contributed by atoms with Gasteiger partial charge in [0.05, 0.1) is 6.61 Å². The SMILES string of the molecule is O=C(CCCCOc1cccc(-c2ccc(F)cc2)c1)NO. The quantitative estimate of drug-likeness (QED) is 0.467. The van der Waals surface area contributed by atoms with Crippen molar-refractivity contribution in [3.8, 4) is 16.9 Å². The van der Waals surface area contributed by atoms with Crippen LogP contribution < -0.4 is 10.2 Å². The molecule has 0 fully saturated rings. The second-order valence-corrected chi connectivity index (χ2v) is 4.88. The van der Waals surface area contributed by atoms with Crippen LogP contribution in [-0.2, 0) is 4.79 Å². The van der Waals surface area contributed by atoms with Gasteiger partial charge in [-0.05, 0) is 48.2 Å². The fourth-order valence-corrected chi connectivity index (χ4v) is 2.04. The zero-order valence-electron chi connectivity index (χ0n) is 12.1. The van der Waals surface area contributed by atoms with Crippen LogP contribution in [0.3, 0.4) is 0 Å². The van der Waals surface area contributed by atoms with Gasteiger partial charge in [0.25, 0.3) is 0 Å². The van der Waals surface area contributed by atoms with Gasteiger partial charge in [-0.15, -0.1) is 0 Å². The maximum Gasteiger partial charge on any atom is 0.243 e. The van der Waals surface area contributed by atoms with Crippen LogP contribution in [0.15, 0.2) is 48.5 Å². The predicted octanol–water partition coefficient (Wildman–Crippen LogP) is 3.55. The molecule has 2 N–H and O–H groups in total. The Balaban J connectivity index is 1.86. The largest absolute Gasteiger partial charge is 0.494 e. The average molecular weight is 303 g/mol. The Morgan fingerprint density at radius 1 is 1.09 bits per heavy atom. The molecule has 4 nitrogen and oxygen atoms in total. The Bertz CT molecular complexity index is 614. The third-order valence-corrected chi connectivity index (χ3v) is 3.20. The summed E-state index contributed by atoms with van der Waals surface area (Å²) >= 11 is 0. The summed E-state index contributed by atoms with van der Waals surface area (Å²) in [4.78, 5) is 10.8. The molecule has 0 aliphatic carbocycles. The van der Waals surface area contributed by atoms with Crippen molar-refractivity contribution in [3.63, 3.8) is 0 Å². The number of nitrogens with one attached hydrogen (secondary N) is 1. The van der Waals surface area contributed by atoms with E-state index in [1.54, 1.807) is 17.6 Å². The topological polar surface area (TPSA) is 58.6 Å². The van der Waals surface area contributed by atoms with E-state index >= 15 is 0 Å². The number of hydroxylamine groups is 1. The minimum atomic E-state index is -0.390. The lowest BCUT2D eigenvalue weighted by Crippen LogP contribution is -2.18. The van der Waals surface area contributed by atoms with Gasteiger partial charge in [0.1, 0.15) is 11.6 Å². The molecule has 1 amide bonds. The molecule has 5 heteroatoms. The van der Waals surface area contributed by atoms with E-state index < -0.39 is 5.91 Å². The van der Waals surface area contributed by atoms with Crippen molar-refractivity contribution in [1.82, 2.24) is 5.48 Å². The van der Waals surface area contributed by atoms with Crippen LogP contribution in [0.2, 0.25) is 0 Å². The molecule has 0 unspecified atom stereocenters. The lowest BCUT2D eigenvalue weighted by molar-refractivity contribution is -0.129. The highest BCUT2D eigenvalue weighted by Gasteiger charge is 2.02. The summed E-state index contributed by atoms with van der Waals surface area (Å²) < 4.78 is 18.6. The number of carbonyl (C=O) groups excluding carboxylic acids is 1. The van der Waals surface area contributed by atoms with Gasteiger partial charge in [-0.2, -0.15) is 0 Å². The molecule has 0 spiro atoms. The Morgan fingerprint density at radius 2 is 1.86 bits per heavy atom. The molecule has 0 aliphatic heterocycles. The van der Waals surface area contributed by atoms with Crippen LogP contribution in [0.5, 0.6) is 5.75 Å². The minimum Gasteiger partial charge on any atom is -0.494 e. The summed E-state index contributed by atoms with van der Waals surface area (Å²) in [7, 11) is 0. The smallest absolute Gasteiger partial charge is 0.243 e. The number of carbonyl (C=O) groups is 1. The van der Waals surface area contributed by atoms with Crippen molar-refractivity contribution in [2.24, 2.45) is 0 Å². The number of unbranched alkanes of at least 4 members (excludes halogenated alkanes) is 1. The fourth-order valence-electron chi connectivity index (χ4n) is 2.04. The van der Waals surface area contributed by atoms with Gasteiger partial charge in [0.15, 0.2) is 0 Å². The molecule has 0 saturated carbocycles. The van der Waals surface area contributed by atoms with Crippen molar-refractivity contribution in [2.75, 3.05) is 6.61 Å². The normalized spacial score (nSPS) is 10.3. The monoisotopic (exact) mass is 303 g/mol. The Labute approximate surface area is 128 Å². The van der Waals surface area contributed by atoms with Crippen molar-refractivity contribution in [3.05, 3.63) is 54.3 Å². The Kier molecular flexibility index (Phi) is 5.91. The maximum absolute atomic E-state index is 12.9. The third kappa shape index (κ3) is 4.86. The minimum absolute atomic E-state index is 0.261. The van der Waals surface area contributed by atoms with Gasteiger partial charge < -0.3 is 4.74 Å². The third-order valence-electron chi connectivity index (χ3n) is 3.20. The van der Waals surface area contributed by atoms with Gasteiger partial charge in [-0.3, -0.25) is 10.0 Å². The number of benzene rings is 2. The summed E-state index contributed by atoms with van der Waals surface area (Å²) in [6, 6.07) is 13.9. The van der Waals surface area contributed by atoms with Crippen molar-refractivity contribution >= 4 is 5.91 Å². The molecule has 0 saturated heterocycles. The highest BCUT2D eigenvalue weighted by Crippen LogP contribution is 2.24. The van der Waals surface area contributed by atoms with Gasteiger partial charge in [-0.25, -0.2) is 9.87 Å². The van der Waals surface area contributed by atoms with E-state index in [-0.39, 0.29) is 12.2 Å². The molecule has 2 aromatic rings. The standard InChI is InChI=1S/C17H18FNO3/c18-15-9-7-13(8-10-15)14-4-3-5-16(12-14)22-11-2-1-6-17(20)19-21/h3-5,7-10,12,21H,1-2,6,11H2,(H,19,20). The summed E-state index contributed by atoms with van der Waals surface area (Å²) in [5.74, 6) is 0.0785. The van der Waals surface area contributed by atoms with Gasteiger partial charge in [-0.1, -0.05) is 24.3 Å². The van der Waals surface area contributed by atoms with E-state index in [2.05, 4.69) is 0 Å². The first-order valence-electron chi connectivity index (χ1n) is 7.11. The Morgan fingerprint density at radius 3 is 2.59 bits per heavy atom. The molecule has 2 aromatic carbocycles. The van der Waals surface area contributed by atoms with Crippen molar-refractivity contribution < 1.29 is 19.1 Å². The van der Waals surface area contributed by atoms with Crippen molar-refractivity contribution in [1.29, 1.82) is 0 Å².